The van der Waals surface area contributed by atoms with Crippen LogP contribution in [0.15, 0.2) is 54.7 Å². The van der Waals surface area contributed by atoms with Crippen molar-refractivity contribution in [2.24, 2.45) is 0 Å². The van der Waals surface area contributed by atoms with Gasteiger partial charge in [0.1, 0.15) is 0 Å². The number of nitrogens with zero attached hydrogens (tertiary/aromatic N) is 1. The molecule has 22 heavy (non-hydrogen) atoms. The fourth-order valence-electron chi connectivity index (χ4n) is 2.01. The Morgan fingerprint density at radius 2 is 1.68 bits per heavy atom. The summed E-state index contributed by atoms with van der Waals surface area (Å²) in [6.45, 7) is 0. The normalized spacial score (nSPS) is 10.5. The summed E-state index contributed by atoms with van der Waals surface area (Å²) >= 11 is 17.2. The zero-order valence-corrected chi connectivity index (χ0v) is 13.6. The molecule has 3 aromatic rings. The van der Waals surface area contributed by atoms with Gasteiger partial charge in [0.15, 0.2) is 5.11 Å². The molecule has 2 N–H and O–H groups in total. The molecule has 1 aromatic heterocycles. The fraction of sp³-hybridized carbons (Fsp3) is 0. The number of benzene rings is 2. The minimum Gasteiger partial charge on any atom is -0.332 e. The first kappa shape index (κ1) is 15.0. The molecular weight excluding hydrogens is 337 g/mol. The van der Waals surface area contributed by atoms with Gasteiger partial charge in [-0.05, 0) is 42.5 Å². The van der Waals surface area contributed by atoms with E-state index in [9.17, 15) is 0 Å². The van der Waals surface area contributed by atoms with Gasteiger partial charge in [0, 0.05) is 11.1 Å². The summed E-state index contributed by atoms with van der Waals surface area (Å²) in [7, 11) is 0. The SMILES string of the molecule is S=C(Nc1ccc(Cl)c(Cl)c1)Nc1cnc2ccccc2c1. The lowest BCUT2D eigenvalue weighted by Gasteiger charge is -2.11. The third-order valence-electron chi connectivity index (χ3n) is 3.03. The van der Waals surface area contributed by atoms with Crippen molar-refractivity contribution in [1.29, 1.82) is 0 Å². The van der Waals surface area contributed by atoms with Gasteiger partial charge < -0.3 is 10.6 Å². The van der Waals surface area contributed by atoms with E-state index in [0.717, 1.165) is 22.3 Å². The second-order valence-electron chi connectivity index (χ2n) is 4.62. The Labute approximate surface area is 143 Å². The van der Waals surface area contributed by atoms with Crippen molar-refractivity contribution in [2.75, 3.05) is 10.6 Å². The maximum atomic E-state index is 5.98. The molecule has 0 unspecified atom stereocenters. The molecule has 0 spiro atoms. The van der Waals surface area contributed by atoms with Crippen LogP contribution in [0.3, 0.4) is 0 Å². The predicted octanol–water partition coefficient (Wildman–Crippen LogP) is 5.35. The van der Waals surface area contributed by atoms with Crippen LogP contribution in [0.25, 0.3) is 10.9 Å². The topological polar surface area (TPSA) is 37.0 Å². The van der Waals surface area contributed by atoms with Crippen LogP contribution in [0.4, 0.5) is 11.4 Å². The smallest absolute Gasteiger partial charge is 0.175 e. The van der Waals surface area contributed by atoms with Crippen molar-refractivity contribution < 1.29 is 0 Å². The average Bonchev–Trinajstić information content (AvgIpc) is 2.51. The quantitative estimate of drug-likeness (QED) is 0.612. The first-order chi connectivity index (χ1) is 10.6. The summed E-state index contributed by atoms with van der Waals surface area (Å²) in [6.07, 6.45) is 1.74. The lowest BCUT2D eigenvalue weighted by atomic mass is 10.2. The molecule has 0 radical (unpaired) electrons. The van der Waals surface area contributed by atoms with Crippen LogP contribution in [0.5, 0.6) is 0 Å². The summed E-state index contributed by atoms with van der Waals surface area (Å²) in [6, 6.07) is 15.1. The second-order valence-corrected chi connectivity index (χ2v) is 5.85. The highest BCUT2D eigenvalue weighted by Gasteiger charge is 2.03. The maximum Gasteiger partial charge on any atom is 0.175 e. The molecule has 2 aromatic carbocycles. The zero-order chi connectivity index (χ0) is 15.5. The van der Waals surface area contributed by atoms with Crippen LogP contribution in [-0.4, -0.2) is 10.1 Å². The Bertz CT molecular complexity index is 852. The van der Waals surface area contributed by atoms with Gasteiger partial charge in [0.05, 0.1) is 27.4 Å². The van der Waals surface area contributed by atoms with Crippen molar-refractivity contribution in [3.63, 3.8) is 0 Å². The van der Waals surface area contributed by atoms with Crippen molar-refractivity contribution in [2.45, 2.75) is 0 Å². The first-order valence-electron chi connectivity index (χ1n) is 6.50. The Morgan fingerprint density at radius 3 is 2.50 bits per heavy atom. The average molecular weight is 348 g/mol. The van der Waals surface area contributed by atoms with E-state index in [1.807, 2.05) is 30.3 Å². The molecule has 6 heteroatoms. The highest BCUT2D eigenvalue weighted by Crippen LogP contribution is 2.25. The van der Waals surface area contributed by atoms with E-state index in [-0.39, 0.29) is 0 Å². The molecule has 0 atom stereocenters. The molecule has 0 aliphatic rings. The van der Waals surface area contributed by atoms with Gasteiger partial charge >= 0.3 is 0 Å². The van der Waals surface area contributed by atoms with Gasteiger partial charge in [-0.25, -0.2) is 0 Å². The van der Waals surface area contributed by atoms with E-state index >= 15 is 0 Å². The molecule has 1 heterocycles. The van der Waals surface area contributed by atoms with E-state index in [2.05, 4.69) is 15.6 Å². The van der Waals surface area contributed by atoms with Crippen molar-refractivity contribution in [3.05, 3.63) is 64.8 Å². The molecular formula is C16H11Cl2N3S. The fourth-order valence-corrected chi connectivity index (χ4v) is 2.54. The lowest BCUT2D eigenvalue weighted by molar-refractivity contribution is 1.41. The minimum absolute atomic E-state index is 0.454. The molecule has 0 saturated heterocycles. The number of rotatable bonds is 2. The van der Waals surface area contributed by atoms with E-state index in [0.29, 0.717) is 15.2 Å². The summed E-state index contributed by atoms with van der Waals surface area (Å²) in [4.78, 5) is 4.38. The highest BCUT2D eigenvalue weighted by atomic mass is 35.5. The van der Waals surface area contributed by atoms with Gasteiger partial charge in [-0.2, -0.15) is 0 Å². The Morgan fingerprint density at radius 1 is 0.909 bits per heavy atom. The number of aromatic nitrogens is 1. The minimum atomic E-state index is 0.454. The van der Waals surface area contributed by atoms with Crippen LogP contribution < -0.4 is 10.6 Å². The standard InChI is InChI=1S/C16H11Cl2N3S/c17-13-6-5-11(8-14(13)18)20-16(22)21-12-7-10-3-1-2-4-15(10)19-9-12/h1-9H,(H2,20,21,22). The number of nitrogens with one attached hydrogen (secondary N) is 2. The van der Waals surface area contributed by atoms with Gasteiger partial charge in [0.25, 0.3) is 0 Å². The van der Waals surface area contributed by atoms with Crippen LogP contribution in [0, 0.1) is 0 Å². The van der Waals surface area contributed by atoms with Crippen LogP contribution in [0.1, 0.15) is 0 Å². The number of hydrogen-bond donors (Lipinski definition) is 2. The third-order valence-corrected chi connectivity index (χ3v) is 3.97. The highest BCUT2D eigenvalue weighted by molar-refractivity contribution is 7.80. The molecule has 0 aliphatic carbocycles. The maximum absolute atomic E-state index is 5.98. The largest absolute Gasteiger partial charge is 0.332 e. The van der Waals surface area contributed by atoms with E-state index < -0.39 is 0 Å². The molecule has 3 nitrogen and oxygen atoms in total. The molecule has 0 aliphatic heterocycles. The number of fused-ring (bicyclic) bond motifs is 1. The van der Waals surface area contributed by atoms with Gasteiger partial charge in [-0.1, -0.05) is 41.4 Å². The Hall–Kier alpha value is -1.88. The predicted molar refractivity (Wildman–Crippen MR) is 98.0 cm³/mol. The summed E-state index contributed by atoms with van der Waals surface area (Å²) in [5.74, 6) is 0. The second kappa shape index (κ2) is 6.48. The summed E-state index contributed by atoms with van der Waals surface area (Å²) < 4.78 is 0. The van der Waals surface area contributed by atoms with Crippen molar-refractivity contribution >= 4 is 62.8 Å². The number of halogens is 2. The van der Waals surface area contributed by atoms with Gasteiger partial charge in [-0.3, -0.25) is 4.98 Å². The zero-order valence-electron chi connectivity index (χ0n) is 11.3. The molecule has 0 fully saturated rings. The first-order valence-corrected chi connectivity index (χ1v) is 7.66. The summed E-state index contributed by atoms with van der Waals surface area (Å²) in [5.41, 5.74) is 2.52. The van der Waals surface area contributed by atoms with Crippen LogP contribution in [0.2, 0.25) is 10.0 Å². The summed E-state index contributed by atoms with van der Waals surface area (Å²) in [5, 5.41) is 8.63. The number of para-hydroxylation sites is 1. The number of thiocarbonyl (C=S) groups is 1. The number of hydrogen-bond acceptors (Lipinski definition) is 2. The van der Waals surface area contributed by atoms with E-state index in [1.54, 1.807) is 24.4 Å². The van der Waals surface area contributed by atoms with Gasteiger partial charge in [-0.15, -0.1) is 0 Å². The van der Waals surface area contributed by atoms with Gasteiger partial charge in [0.2, 0.25) is 0 Å². The van der Waals surface area contributed by atoms with E-state index in [4.69, 9.17) is 35.4 Å². The molecule has 0 amide bonds. The lowest BCUT2D eigenvalue weighted by Crippen LogP contribution is -2.19. The molecule has 0 saturated carbocycles. The Balaban J connectivity index is 1.73. The monoisotopic (exact) mass is 347 g/mol. The molecule has 110 valence electrons. The van der Waals surface area contributed by atoms with E-state index in [1.165, 1.54) is 0 Å². The van der Waals surface area contributed by atoms with Crippen LogP contribution in [-0.2, 0) is 0 Å². The van der Waals surface area contributed by atoms with Crippen molar-refractivity contribution in [3.8, 4) is 0 Å². The molecule has 0 bridgehead atoms. The third kappa shape index (κ3) is 3.47. The number of anilines is 2. The van der Waals surface area contributed by atoms with Crippen LogP contribution >= 0.6 is 35.4 Å². The number of pyridine rings is 1. The van der Waals surface area contributed by atoms with Crippen molar-refractivity contribution in [1.82, 2.24) is 4.98 Å². The Kier molecular flexibility index (Phi) is 4.43. The molecule has 3 rings (SSSR count).